The Balaban J connectivity index is 4.31. The van der Waals surface area contributed by atoms with E-state index in [1.54, 1.807) is 6.92 Å². The van der Waals surface area contributed by atoms with Gasteiger partial charge in [-0.3, -0.25) is 10.1 Å². The van der Waals surface area contributed by atoms with Crippen LogP contribution < -0.4 is 5.32 Å². The molecule has 0 aliphatic carbocycles. The van der Waals surface area contributed by atoms with Gasteiger partial charge in [-0.2, -0.15) is 0 Å². The highest BCUT2D eigenvalue weighted by Gasteiger charge is 2.25. The number of terminal acetylenes is 1. The molecule has 15 heavy (non-hydrogen) atoms. The van der Waals surface area contributed by atoms with Crippen LogP contribution in [0.5, 0.6) is 0 Å². The molecule has 0 aromatic carbocycles. The summed E-state index contributed by atoms with van der Waals surface area (Å²) in [6.45, 7) is 10.9. The highest BCUT2D eigenvalue weighted by Crippen LogP contribution is 2.10. The summed E-state index contributed by atoms with van der Waals surface area (Å²) < 4.78 is 5.22. The van der Waals surface area contributed by atoms with Crippen molar-refractivity contribution in [3.05, 3.63) is 0 Å². The second kappa shape index (κ2) is 4.67. The maximum Gasteiger partial charge on any atom is 0.323 e. The van der Waals surface area contributed by atoms with Crippen molar-refractivity contribution in [2.24, 2.45) is 0 Å². The SMILES string of the molecule is C#CC(C)(C)NC(C)C(=O)OC(C)(C)C. The molecule has 0 fully saturated rings. The highest BCUT2D eigenvalue weighted by molar-refractivity contribution is 5.75. The molecule has 0 saturated heterocycles. The van der Waals surface area contributed by atoms with Crippen LogP contribution in [0.1, 0.15) is 41.5 Å². The summed E-state index contributed by atoms with van der Waals surface area (Å²) >= 11 is 0. The van der Waals surface area contributed by atoms with Gasteiger partial charge >= 0.3 is 5.97 Å². The van der Waals surface area contributed by atoms with Crippen LogP contribution in [0.15, 0.2) is 0 Å². The number of carbonyl (C=O) groups excluding carboxylic acids is 1. The first-order valence-corrected chi connectivity index (χ1v) is 5.06. The standard InChI is InChI=1S/C12H21NO2/c1-8-12(6,7)13-9(2)10(14)15-11(3,4)5/h1,9,13H,2-7H3. The molecule has 0 bridgehead atoms. The van der Waals surface area contributed by atoms with Gasteiger partial charge in [-0.15, -0.1) is 6.42 Å². The average molecular weight is 211 g/mol. The van der Waals surface area contributed by atoms with Crippen molar-refractivity contribution >= 4 is 5.97 Å². The molecule has 3 heteroatoms. The number of rotatable bonds is 3. The first-order chi connectivity index (χ1) is 6.57. The number of esters is 1. The quantitative estimate of drug-likeness (QED) is 0.570. The number of ether oxygens (including phenoxy) is 1. The molecule has 0 aromatic rings. The molecule has 0 aliphatic rings. The van der Waals surface area contributed by atoms with Crippen molar-refractivity contribution in [2.45, 2.75) is 58.7 Å². The normalized spacial score (nSPS) is 14.2. The number of nitrogens with one attached hydrogen (secondary N) is 1. The van der Waals surface area contributed by atoms with Crippen molar-refractivity contribution in [1.82, 2.24) is 5.32 Å². The largest absolute Gasteiger partial charge is 0.459 e. The topological polar surface area (TPSA) is 38.3 Å². The van der Waals surface area contributed by atoms with Gasteiger partial charge in [0.15, 0.2) is 0 Å². The minimum atomic E-state index is -0.504. The third-order valence-electron chi connectivity index (χ3n) is 1.70. The molecular weight excluding hydrogens is 190 g/mol. The van der Waals surface area contributed by atoms with Crippen LogP contribution in [-0.4, -0.2) is 23.2 Å². The lowest BCUT2D eigenvalue weighted by molar-refractivity contribution is -0.157. The van der Waals surface area contributed by atoms with E-state index in [4.69, 9.17) is 11.2 Å². The predicted molar refractivity (Wildman–Crippen MR) is 61.4 cm³/mol. The van der Waals surface area contributed by atoms with Crippen molar-refractivity contribution in [2.75, 3.05) is 0 Å². The fourth-order valence-corrected chi connectivity index (χ4v) is 1.03. The Labute approximate surface area is 92.6 Å². The predicted octanol–water partition coefficient (Wildman–Crippen LogP) is 1.72. The Kier molecular flexibility index (Phi) is 4.36. The van der Waals surface area contributed by atoms with Crippen LogP contribution in [0, 0.1) is 12.3 Å². The van der Waals surface area contributed by atoms with Crippen LogP contribution in [-0.2, 0) is 9.53 Å². The minimum Gasteiger partial charge on any atom is -0.459 e. The van der Waals surface area contributed by atoms with Crippen molar-refractivity contribution < 1.29 is 9.53 Å². The van der Waals surface area contributed by atoms with Gasteiger partial charge in [0.05, 0.1) is 5.54 Å². The van der Waals surface area contributed by atoms with Crippen LogP contribution >= 0.6 is 0 Å². The van der Waals surface area contributed by atoms with Gasteiger partial charge in [0.2, 0.25) is 0 Å². The van der Waals surface area contributed by atoms with E-state index in [1.165, 1.54) is 0 Å². The van der Waals surface area contributed by atoms with Crippen LogP contribution in [0.4, 0.5) is 0 Å². The van der Waals surface area contributed by atoms with E-state index in [2.05, 4.69) is 11.2 Å². The molecule has 1 unspecified atom stereocenters. The third-order valence-corrected chi connectivity index (χ3v) is 1.70. The molecule has 0 aliphatic heterocycles. The molecule has 0 spiro atoms. The molecule has 1 atom stereocenters. The smallest absolute Gasteiger partial charge is 0.323 e. The fraction of sp³-hybridized carbons (Fsp3) is 0.750. The van der Waals surface area contributed by atoms with Crippen LogP contribution in [0.3, 0.4) is 0 Å². The van der Waals surface area contributed by atoms with Gasteiger partial charge in [-0.1, -0.05) is 5.92 Å². The lowest BCUT2D eigenvalue weighted by Crippen LogP contribution is -2.48. The monoisotopic (exact) mass is 211 g/mol. The van der Waals surface area contributed by atoms with Crippen LogP contribution in [0.2, 0.25) is 0 Å². The fourth-order valence-electron chi connectivity index (χ4n) is 1.03. The lowest BCUT2D eigenvalue weighted by atomic mass is 10.1. The molecule has 0 heterocycles. The van der Waals surface area contributed by atoms with Gasteiger partial charge < -0.3 is 4.74 Å². The Morgan fingerprint density at radius 3 is 2.13 bits per heavy atom. The van der Waals surface area contributed by atoms with E-state index in [0.717, 1.165) is 0 Å². The Morgan fingerprint density at radius 2 is 1.80 bits per heavy atom. The Morgan fingerprint density at radius 1 is 1.33 bits per heavy atom. The Bertz CT molecular complexity index is 268. The molecule has 0 saturated carbocycles. The second-order valence-electron chi connectivity index (χ2n) is 5.17. The van der Waals surface area contributed by atoms with E-state index < -0.39 is 17.2 Å². The molecule has 3 nitrogen and oxygen atoms in total. The van der Waals surface area contributed by atoms with E-state index in [-0.39, 0.29) is 5.97 Å². The maximum atomic E-state index is 11.6. The van der Waals surface area contributed by atoms with E-state index in [9.17, 15) is 4.79 Å². The van der Waals surface area contributed by atoms with Gasteiger partial charge in [-0.25, -0.2) is 0 Å². The minimum absolute atomic E-state index is 0.286. The molecule has 0 aromatic heterocycles. The highest BCUT2D eigenvalue weighted by atomic mass is 16.6. The number of hydrogen-bond donors (Lipinski definition) is 1. The average Bonchev–Trinajstić information content (AvgIpc) is 2.00. The molecule has 0 radical (unpaired) electrons. The maximum absolute atomic E-state index is 11.6. The lowest BCUT2D eigenvalue weighted by Gasteiger charge is -2.27. The van der Waals surface area contributed by atoms with Crippen molar-refractivity contribution in [3.63, 3.8) is 0 Å². The Hall–Kier alpha value is -1.01. The molecule has 86 valence electrons. The molecule has 0 amide bonds. The van der Waals surface area contributed by atoms with Crippen molar-refractivity contribution in [1.29, 1.82) is 0 Å². The van der Waals surface area contributed by atoms with Gasteiger partial charge in [0.1, 0.15) is 11.6 Å². The zero-order valence-electron chi connectivity index (χ0n) is 10.5. The summed E-state index contributed by atoms with van der Waals surface area (Å²) in [5.74, 6) is 2.28. The van der Waals surface area contributed by atoms with Gasteiger partial charge in [0.25, 0.3) is 0 Å². The summed E-state index contributed by atoms with van der Waals surface area (Å²) in [5, 5.41) is 3.02. The first kappa shape index (κ1) is 14.0. The van der Waals surface area contributed by atoms with E-state index in [0.29, 0.717) is 0 Å². The molecular formula is C12H21NO2. The van der Waals surface area contributed by atoms with Gasteiger partial charge in [-0.05, 0) is 41.5 Å². The molecule has 0 rings (SSSR count). The first-order valence-electron chi connectivity index (χ1n) is 5.06. The number of hydrogen-bond acceptors (Lipinski definition) is 3. The summed E-state index contributed by atoms with van der Waals surface area (Å²) in [6.07, 6.45) is 5.32. The van der Waals surface area contributed by atoms with Crippen molar-refractivity contribution in [3.8, 4) is 12.3 Å². The van der Waals surface area contributed by atoms with Crippen LogP contribution in [0.25, 0.3) is 0 Å². The summed E-state index contributed by atoms with van der Waals surface area (Å²) in [6, 6.07) is -0.407. The molecule has 1 N–H and O–H groups in total. The zero-order valence-corrected chi connectivity index (χ0v) is 10.5. The zero-order chi connectivity index (χ0) is 12.3. The van der Waals surface area contributed by atoms with E-state index >= 15 is 0 Å². The summed E-state index contributed by atoms with van der Waals surface area (Å²) in [4.78, 5) is 11.6. The van der Waals surface area contributed by atoms with Gasteiger partial charge in [0, 0.05) is 0 Å². The number of carbonyl (C=O) groups is 1. The second-order valence-corrected chi connectivity index (χ2v) is 5.17. The summed E-state index contributed by atoms with van der Waals surface area (Å²) in [7, 11) is 0. The summed E-state index contributed by atoms with van der Waals surface area (Å²) in [5.41, 5.74) is -0.969. The van der Waals surface area contributed by atoms with E-state index in [1.807, 2.05) is 34.6 Å². The third kappa shape index (κ3) is 6.14.